The average Bonchev–Trinajstić information content (AvgIpc) is 2.43. The van der Waals surface area contributed by atoms with Crippen molar-refractivity contribution in [2.45, 2.75) is 96.4 Å². The van der Waals surface area contributed by atoms with Gasteiger partial charge in [0.05, 0.1) is 0 Å². The molecule has 0 rings (SSSR count). The summed E-state index contributed by atoms with van der Waals surface area (Å²) in [5.41, 5.74) is 0. The fourth-order valence-corrected chi connectivity index (χ4v) is 2.78. The molecule has 0 saturated heterocycles. The molecule has 0 saturated carbocycles. The van der Waals surface area contributed by atoms with Gasteiger partial charge in [0.15, 0.2) is 0 Å². The molecule has 1 N–H and O–H groups in total. The van der Waals surface area contributed by atoms with Gasteiger partial charge in [-0.3, -0.25) is 9.69 Å². The number of rotatable bonds is 15. The third kappa shape index (κ3) is 12.9. The molecule has 0 amide bonds. The number of carboxylic acids is 1. The number of carbonyl (C=O) groups is 1. The van der Waals surface area contributed by atoms with Crippen molar-refractivity contribution in [3.8, 4) is 0 Å². The lowest BCUT2D eigenvalue weighted by Gasteiger charge is -2.19. The lowest BCUT2D eigenvalue weighted by molar-refractivity contribution is -0.142. The molecule has 3 heteroatoms. The van der Waals surface area contributed by atoms with Crippen molar-refractivity contribution in [1.82, 2.24) is 4.90 Å². The minimum absolute atomic E-state index is 0.312. The molecule has 0 aromatic heterocycles. The third-order valence-corrected chi connectivity index (χ3v) is 4.24. The standard InChI is InChI=1S/C18H37NO2/c1-4-5-6-7-8-9-10-11-12-13-14-15-16-17(18(20)21)19(2)3/h17H,4-16H2,1-3H3,(H,20,21). The minimum atomic E-state index is -0.692. The zero-order valence-electron chi connectivity index (χ0n) is 14.6. The van der Waals surface area contributed by atoms with Gasteiger partial charge in [-0.05, 0) is 20.5 Å². The van der Waals surface area contributed by atoms with Crippen LogP contribution in [0.5, 0.6) is 0 Å². The van der Waals surface area contributed by atoms with Crippen LogP contribution >= 0.6 is 0 Å². The second-order valence-corrected chi connectivity index (χ2v) is 6.50. The Hall–Kier alpha value is -0.570. The molecule has 1 atom stereocenters. The first-order chi connectivity index (χ1) is 10.1. The van der Waals surface area contributed by atoms with E-state index < -0.39 is 5.97 Å². The number of likely N-dealkylation sites (N-methyl/N-ethyl adjacent to an activating group) is 1. The van der Waals surface area contributed by atoms with Gasteiger partial charge in [-0.25, -0.2) is 0 Å². The molecule has 0 aliphatic heterocycles. The van der Waals surface area contributed by atoms with Crippen LogP contribution in [0.15, 0.2) is 0 Å². The van der Waals surface area contributed by atoms with Crippen LogP contribution in [0.2, 0.25) is 0 Å². The first-order valence-electron chi connectivity index (χ1n) is 8.98. The van der Waals surface area contributed by atoms with Crippen molar-refractivity contribution in [3.63, 3.8) is 0 Å². The van der Waals surface area contributed by atoms with Crippen LogP contribution < -0.4 is 0 Å². The normalized spacial score (nSPS) is 12.8. The van der Waals surface area contributed by atoms with Crippen LogP contribution in [-0.2, 0) is 4.79 Å². The summed E-state index contributed by atoms with van der Waals surface area (Å²) in [6.45, 7) is 2.26. The van der Waals surface area contributed by atoms with E-state index in [-0.39, 0.29) is 6.04 Å². The van der Waals surface area contributed by atoms with Gasteiger partial charge in [0.1, 0.15) is 6.04 Å². The SMILES string of the molecule is CCCCCCCCCCCCCCC(C(=O)O)N(C)C. The minimum Gasteiger partial charge on any atom is -0.480 e. The van der Waals surface area contributed by atoms with E-state index in [0.717, 1.165) is 12.8 Å². The Kier molecular flexibility index (Phi) is 14.0. The summed E-state index contributed by atoms with van der Waals surface area (Å²) in [5, 5.41) is 9.08. The van der Waals surface area contributed by atoms with Crippen LogP contribution in [0.25, 0.3) is 0 Å². The maximum absolute atomic E-state index is 11.0. The molecule has 21 heavy (non-hydrogen) atoms. The predicted molar refractivity (Wildman–Crippen MR) is 90.8 cm³/mol. The van der Waals surface area contributed by atoms with Crippen molar-refractivity contribution >= 4 is 5.97 Å². The smallest absolute Gasteiger partial charge is 0.320 e. The maximum atomic E-state index is 11.0. The lowest BCUT2D eigenvalue weighted by Crippen LogP contribution is -2.35. The molecule has 0 radical (unpaired) electrons. The van der Waals surface area contributed by atoms with E-state index in [0.29, 0.717) is 0 Å². The highest BCUT2D eigenvalue weighted by Crippen LogP contribution is 2.13. The summed E-state index contributed by atoms with van der Waals surface area (Å²) in [6, 6.07) is -0.312. The molecule has 0 heterocycles. The molecule has 0 spiro atoms. The van der Waals surface area contributed by atoms with E-state index in [1.165, 1.54) is 70.6 Å². The second-order valence-electron chi connectivity index (χ2n) is 6.50. The average molecular weight is 299 g/mol. The predicted octanol–water partition coefficient (Wildman–Crippen LogP) is 5.09. The summed E-state index contributed by atoms with van der Waals surface area (Å²) in [5.74, 6) is -0.692. The van der Waals surface area contributed by atoms with E-state index >= 15 is 0 Å². The molecule has 3 nitrogen and oxygen atoms in total. The van der Waals surface area contributed by atoms with E-state index in [4.69, 9.17) is 5.11 Å². The Bertz CT molecular complexity index is 241. The van der Waals surface area contributed by atoms with Crippen molar-refractivity contribution in [2.75, 3.05) is 14.1 Å². The van der Waals surface area contributed by atoms with E-state index in [1.54, 1.807) is 4.90 Å². The van der Waals surface area contributed by atoms with Crippen LogP contribution in [0.1, 0.15) is 90.4 Å². The van der Waals surface area contributed by atoms with Gasteiger partial charge < -0.3 is 5.11 Å². The van der Waals surface area contributed by atoms with Gasteiger partial charge in [-0.15, -0.1) is 0 Å². The van der Waals surface area contributed by atoms with Gasteiger partial charge in [-0.2, -0.15) is 0 Å². The summed E-state index contributed by atoms with van der Waals surface area (Å²) in [4.78, 5) is 12.8. The summed E-state index contributed by atoms with van der Waals surface area (Å²) in [7, 11) is 3.69. The van der Waals surface area contributed by atoms with Crippen molar-refractivity contribution < 1.29 is 9.90 Å². The van der Waals surface area contributed by atoms with Crippen LogP contribution in [0.4, 0.5) is 0 Å². The number of carboxylic acid groups (broad SMARTS) is 1. The van der Waals surface area contributed by atoms with Gasteiger partial charge in [-0.1, -0.05) is 84.0 Å². The van der Waals surface area contributed by atoms with Gasteiger partial charge in [0, 0.05) is 0 Å². The first kappa shape index (κ1) is 20.4. The topological polar surface area (TPSA) is 40.5 Å². The number of aliphatic carboxylic acids is 1. The zero-order chi connectivity index (χ0) is 15.9. The highest BCUT2D eigenvalue weighted by Gasteiger charge is 2.18. The fraction of sp³-hybridized carbons (Fsp3) is 0.944. The highest BCUT2D eigenvalue weighted by atomic mass is 16.4. The molecule has 1 unspecified atom stereocenters. The van der Waals surface area contributed by atoms with Crippen molar-refractivity contribution in [3.05, 3.63) is 0 Å². The van der Waals surface area contributed by atoms with Crippen LogP contribution in [-0.4, -0.2) is 36.1 Å². The van der Waals surface area contributed by atoms with E-state index in [9.17, 15) is 4.79 Å². The van der Waals surface area contributed by atoms with E-state index in [1.807, 2.05) is 14.1 Å². The molecular formula is C18H37NO2. The van der Waals surface area contributed by atoms with E-state index in [2.05, 4.69) is 6.92 Å². The summed E-state index contributed by atoms with van der Waals surface area (Å²) < 4.78 is 0. The molecular weight excluding hydrogens is 262 g/mol. The largest absolute Gasteiger partial charge is 0.480 e. The Morgan fingerprint density at radius 3 is 1.52 bits per heavy atom. The zero-order valence-corrected chi connectivity index (χ0v) is 14.6. The number of unbranched alkanes of at least 4 members (excludes halogenated alkanes) is 11. The van der Waals surface area contributed by atoms with Crippen LogP contribution in [0, 0.1) is 0 Å². The quantitative estimate of drug-likeness (QED) is 0.428. The summed E-state index contributed by atoms with van der Waals surface area (Å²) >= 11 is 0. The molecule has 0 aromatic carbocycles. The van der Waals surface area contributed by atoms with Gasteiger partial charge >= 0.3 is 5.97 Å². The summed E-state index contributed by atoms with van der Waals surface area (Å²) in [6.07, 6.45) is 16.6. The molecule has 0 bridgehead atoms. The van der Waals surface area contributed by atoms with Gasteiger partial charge in [0.25, 0.3) is 0 Å². The highest BCUT2D eigenvalue weighted by molar-refractivity contribution is 5.73. The third-order valence-electron chi connectivity index (χ3n) is 4.24. The lowest BCUT2D eigenvalue weighted by atomic mass is 10.0. The van der Waals surface area contributed by atoms with Crippen LogP contribution in [0.3, 0.4) is 0 Å². The van der Waals surface area contributed by atoms with Crippen molar-refractivity contribution in [2.24, 2.45) is 0 Å². The maximum Gasteiger partial charge on any atom is 0.320 e. The molecule has 0 aliphatic rings. The Labute approximate surface area is 132 Å². The number of hydrogen-bond acceptors (Lipinski definition) is 2. The monoisotopic (exact) mass is 299 g/mol. The number of nitrogens with zero attached hydrogens (tertiary/aromatic N) is 1. The Morgan fingerprint density at radius 1 is 0.810 bits per heavy atom. The molecule has 126 valence electrons. The molecule has 0 fully saturated rings. The molecule has 0 aliphatic carbocycles. The molecule has 0 aromatic rings. The Balaban J connectivity index is 3.27. The Morgan fingerprint density at radius 2 is 1.19 bits per heavy atom. The van der Waals surface area contributed by atoms with Crippen molar-refractivity contribution in [1.29, 1.82) is 0 Å². The van der Waals surface area contributed by atoms with Gasteiger partial charge in [0.2, 0.25) is 0 Å². The number of hydrogen-bond donors (Lipinski definition) is 1. The first-order valence-corrected chi connectivity index (χ1v) is 8.98. The fourth-order valence-electron chi connectivity index (χ4n) is 2.78. The second kappa shape index (κ2) is 14.4.